The van der Waals surface area contributed by atoms with Crippen molar-refractivity contribution in [3.05, 3.63) is 29.8 Å². The highest BCUT2D eigenvalue weighted by atomic mass is 32.2. The second-order valence-corrected chi connectivity index (χ2v) is 7.44. The van der Waals surface area contributed by atoms with Crippen molar-refractivity contribution in [3.8, 4) is 0 Å². The summed E-state index contributed by atoms with van der Waals surface area (Å²) >= 11 is 0. The average molecular weight is 295 g/mol. The van der Waals surface area contributed by atoms with Crippen molar-refractivity contribution in [2.24, 2.45) is 5.92 Å². The maximum atomic E-state index is 12.7. The number of hydrogen-bond donors (Lipinski definition) is 1. The molecule has 0 bridgehead atoms. The van der Waals surface area contributed by atoms with Crippen LogP contribution in [0.2, 0.25) is 0 Å². The minimum Gasteiger partial charge on any atom is -0.316 e. The van der Waals surface area contributed by atoms with E-state index in [0.717, 1.165) is 30.8 Å². The van der Waals surface area contributed by atoms with E-state index in [1.54, 1.807) is 8.61 Å². The minimum atomic E-state index is -3.35. The van der Waals surface area contributed by atoms with Gasteiger partial charge in [-0.1, -0.05) is 18.2 Å². The second kappa shape index (κ2) is 5.35. The summed E-state index contributed by atoms with van der Waals surface area (Å²) < 4.78 is 28.5. The lowest BCUT2D eigenvalue weighted by molar-refractivity contribution is 0.381. The zero-order valence-electron chi connectivity index (χ0n) is 11.7. The van der Waals surface area contributed by atoms with Crippen LogP contribution in [0, 0.1) is 12.8 Å². The number of benzene rings is 1. The number of nitrogens with zero attached hydrogens (tertiary/aromatic N) is 2. The molecule has 0 saturated carbocycles. The molecule has 2 saturated heterocycles. The average Bonchev–Trinajstić information content (AvgIpc) is 3.01. The van der Waals surface area contributed by atoms with Crippen LogP contribution in [0.5, 0.6) is 0 Å². The predicted octanol–water partition coefficient (Wildman–Crippen LogP) is 0.971. The van der Waals surface area contributed by atoms with E-state index in [1.807, 2.05) is 31.2 Å². The summed E-state index contributed by atoms with van der Waals surface area (Å²) in [5.74, 6) is 0.446. The normalized spacial score (nSPS) is 26.2. The molecule has 2 heterocycles. The molecular formula is C14H21N3O2S. The topological polar surface area (TPSA) is 52.6 Å². The molecule has 0 aromatic heterocycles. The van der Waals surface area contributed by atoms with Gasteiger partial charge in [-0.25, -0.2) is 0 Å². The Morgan fingerprint density at radius 1 is 1.30 bits per heavy atom. The van der Waals surface area contributed by atoms with Gasteiger partial charge in [0.2, 0.25) is 0 Å². The van der Waals surface area contributed by atoms with E-state index in [-0.39, 0.29) is 0 Å². The molecule has 1 atom stereocenters. The Hall–Kier alpha value is -1.11. The first-order chi connectivity index (χ1) is 9.59. The molecule has 5 nitrogen and oxygen atoms in total. The van der Waals surface area contributed by atoms with Gasteiger partial charge in [-0.05, 0) is 44.0 Å². The van der Waals surface area contributed by atoms with Gasteiger partial charge in [0.1, 0.15) is 0 Å². The van der Waals surface area contributed by atoms with Crippen molar-refractivity contribution in [1.82, 2.24) is 9.62 Å². The Morgan fingerprint density at radius 3 is 2.80 bits per heavy atom. The van der Waals surface area contributed by atoms with E-state index in [0.29, 0.717) is 25.6 Å². The number of rotatable bonds is 3. The number of para-hydroxylation sites is 1. The summed E-state index contributed by atoms with van der Waals surface area (Å²) in [6, 6.07) is 7.66. The Balaban J connectivity index is 1.80. The molecule has 1 N–H and O–H groups in total. The van der Waals surface area contributed by atoms with Gasteiger partial charge < -0.3 is 5.32 Å². The number of nitrogens with one attached hydrogen (secondary N) is 1. The van der Waals surface area contributed by atoms with Crippen LogP contribution >= 0.6 is 0 Å². The van der Waals surface area contributed by atoms with E-state index < -0.39 is 10.2 Å². The van der Waals surface area contributed by atoms with Crippen molar-refractivity contribution in [2.75, 3.05) is 37.0 Å². The van der Waals surface area contributed by atoms with Crippen LogP contribution in [-0.4, -0.2) is 45.4 Å². The standard InChI is InChI=1S/C14H21N3O2S/c1-12-4-2-3-5-14(12)17-9-8-16(20(17,18)19)11-13-6-7-15-10-13/h2-5,13,15H,6-11H2,1H3. The molecular weight excluding hydrogens is 274 g/mol. The summed E-state index contributed by atoms with van der Waals surface area (Å²) in [5, 5.41) is 3.29. The number of hydrogen-bond acceptors (Lipinski definition) is 3. The fraction of sp³-hybridized carbons (Fsp3) is 0.571. The van der Waals surface area contributed by atoms with Gasteiger partial charge in [-0.15, -0.1) is 0 Å². The first-order valence-electron chi connectivity index (χ1n) is 7.13. The first kappa shape index (κ1) is 13.9. The third-order valence-electron chi connectivity index (χ3n) is 4.17. The predicted molar refractivity (Wildman–Crippen MR) is 80.0 cm³/mol. The lowest BCUT2D eigenvalue weighted by atomic mass is 10.1. The molecule has 6 heteroatoms. The zero-order chi connectivity index (χ0) is 14.2. The lowest BCUT2D eigenvalue weighted by Gasteiger charge is -2.23. The highest BCUT2D eigenvalue weighted by molar-refractivity contribution is 7.90. The van der Waals surface area contributed by atoms with Crippen molar-refractivity contribution in [1.29, 1.82) is 0 Å². The largest absolute Gasteiger partial charge is 0.316 e. The highest BCUT2D eigenvalue weighted by Crippen LogP contribution is 2.28. The maximum absolute atomic E-state index is 12.7. The van der Waals surface area contributed by atoms with E-state index >= 15 is 0 Å². The summed E-state index contributed by atoms with van der Waals surface area (Å²) in [6.45, 7) is 5.66. The fourth-order valence-electron chi connectivity index (χ4n) is 3.00. The van der Waals surface area contributed by atoms with Crippen LogP contribution < -0.4 is 9.62 Å². The third kappa shape index (κ3) is 2.43. The second-order valence-electron chi connectivity index (χ2n) is 5.58. The molecule has 1 unspecified atom stereocenters. The van der Waals surface area contributed by atoms with Gasteiger partial charge in [0.25, 0.3) is 0 Å². The van der Waals surface area contributed by atoms with Crippen molar-refractivity contribution in [2.45, 2.75) is 13.3 Å². The molecule has 0 radical (unpaired) electrons. The first-order valence-corrected chi connectivity index (χ1v) is 8.53. The maximum Gasteiger partial charge on any atom is 0.304 e. The van der Waals surface area contributed by atoms with Crippen LogP contribution in [0.15, 0.2) is 24.3 Å². The smallest absolute Gasteiger partial charge is 0.304 e. The molecule has 110 valence electrons. The number of aryl methyl sites for hydroxylation is 1. The highest BCUT2D eigenvalue weighted by Gasteiger charge is 2.38. The molecule has 20 heavy (non-hydrogen) atoms. The molecule has 0 spiro atoms. The Kier molecular flexibility index (Phi) is 3.70. The quantitative estimate of drug-likeness (QED) is 0.904. The van der Waals surface area contributed by atoms with Crippen molar-refractivity contribution >= 4 is 15.9 Å². The zero-order valence-corrected chi connectivity index (χ0v) is 12.6. The number of anilines is 1. The minimum absolute atomic E-state index is 0.446. The molecule has 2 aliphatic rings. The van der Waals surface area contributed by atoms with E-state index in [2.05, 4.69) is 5.32 Å². The summed E-state index contributed by atoms with van der Waals surface area (Å²) in [5.41, 5.74) is 1.81. The Labute approximate surface area is 120 Å². The molecule has 0 amide bonds. The van der Waals surface area contributed by atoms with Crippen molar-refractivity contribution < 1.29 is 8.42 Å². The monoisotopic (exact) mass is 295 g/mol. The third-order valence-corrected chi connectivity index (χ3v) is 6.09. The van der Waals surface area contributed by atoms with Gasteiger partial charge in [-0.2, -0.15) is 12.7 Å². The van der Waals surface area contributed by atoms with Gasteiger partial charge >= 0.3 is 10.2 Å². The van der Waals surface area contributed by atoms with Crippen LogP contribution in [0.1, 0.15) is 12.0 Å². The molecule has 3 rings (SSSR count). The molecule has 0 aliphatic carbocycles. The molecule has 1 aromatic rings. The summed E-state index contributed by atoms with van der Waals surface area (Å²) in [7, 11) is -3.35. The van der Waals surface area contributed by atoms with Crippen LogP contribution in [-0.2, 0) is 10.2 Å². The van der Waals surface area contributed by atoms with Crippen LogP contribution in [0.3, 0.4) is 0 Å². The van der Waals surface area contributed by atoms with Gasteiger partial charge in [0, 0.05) is 19.6 Å². The van der Waals surface area contributed by atoms with Gasteiger partial charge in [0.05, 0.1) is 5.69 Å². The van der Waals surface area contributed by atoms with E-state index in [4.69, 9.17) is 0 Å². The Bertz CT molecular complexity index is 582. The fourth-order valence-corrected chi connectivity index (χ4v) is 4.76. The lowest BCUT2D eigenvalue weighted by Crippen LogP contribution is -2.36. The van der Waals surface area contributed by atoms with E-state index in [1.165, 1.54) is 0 Å². The summed E-state index contributed by atoms with van der Waals surface area (Å²) in [6.07, 6.45) is 1.07. The molecule has 1 aromatic carbocycles. The summed E-state index contributed by atoms with van der Waals surface area (Å²) in [4.78, 5) is 0. The van der Waals surface area contributed by atoms with Gasteiger partial charge in [-0.3, -0.25) is 4.31 Å². The molecule has 2 aliphatic heterocycles. The van der Waals surface area contributed by atoms with Crippen LogP contribution in [0.25, 0.3) is 0 Å². The van der Waals surface area contributed by atoms with Crippen LogP contribution in [0.4, 0.5) is 5.69 Å². The Morgan fingerprint density at radius 2 is 2.10 bits per heavy atom. The molecule has 2 fully saturated rings. The van der Waals surface area contributed by atoms with Gasteiger partial charge in [0.15, 0.2) is 0 Å². The van der Waals surface area contributed by atoms with E-state index in [9.17, 15) is 8.42 Å². The van der Waals surface area contributed by atoms with Crippen molar-refractivity contribution in [3.63, 3.8) is 0 Å². The SMILES string of the molecule is Cc1ccccc1N1CCN(CC2CCNC2)S1(=O)=O.